The van der Waals surface area contributed by atoms with E-state index in [0.717, 1.165) is 24.3 Å². The molecule has 0 saturated heterocycles. The van der Waals surface area contributed by atoms with E-state index in [-0.39, 0.29) is 6.04 Å². The fourth-order valence-electron chi connectivity index (χ4n) is 2.03. The Labute approximate surface area is 90.1 Å². The maximum absolute atomic E-state index is 10.1. The summed E-state index contributed by atoms with van der Waals surface area (Å²) in [4.78, 5) is 0. The molecular formula is C12H17NO2. The molecule has 0 aliphatic carbocycles. The molecule has 3 heteroatoms. The molecule has 0 bridgehead atoms. The lowest BCUT2D eigenvalue weighted by atomic mass is 9.98. The van der Waals surface area contributed by atoms with Gasteiger partial charge in [-0.15, -0.1) is 0 Å². The van der Waals surface area contributed by atoms with Crippen molar-refractivity contribution >= 4 is 0 Å². The molecule has 1 aliphatic rings. The first-order chi connectivity index (χ1) is 7.22. The minimum Gasteiger partial charge on any atom is -0.497 e. The number of aliphatic hydroxyl groups excluding tert-OH is 1. The van der Waals surface area contributed by atoms with Crippen LogP contribution in [0.25, 0.3) is 0 Å². The Morgan fingerprint density at radius 3 is 3.00 bits per heavy atom. The smallest absolute Gasteiger partial charge is 0.119 e. The summed E-state index contributed by atoms with van der Waals surface area (Å²) in [7, 11) is 1.66. The fraction of sp³-hybridized carbons (Fsp3) is 0.500. The first-order valence-electron chi connectivity index (χ1n) is 5.30. The summed E-state index contributed by atoms with van der Waals surface area (Å²) in [5.41, 5.74) is 2.20. The molecular weight excluding hydrogens is 190 g/mol. The van der Waals surface area contributed by atoms with Crippen LogP contribution in [0.15, 0.2) is 18.2 Å². The van der Waals surface area contributed by atoms with Crippen molar-refractivity contribution in [3.63, 3.8) is 0 Å². The van der Waals surface area contributed by atoms with E-state index in [1.165, 1.54) is 5.56 Å². The summed E-state index contributed by atoms with van der Waals surface area (Å²) >= 11 is 0. The van der Waals surface area contributed by atoms with Crippen molar-refractivity contribution in [3.05, 3.63) is 29.3 Å². The lowest BCUT2D eigenvalue weighted by Gasteiger charge is -2.18. The SMILES string of the molecule is COc1ccc2c(c1)CCN[C@H](C)[C@H]2O. The number of ether oxygens (including phenoxy) is 1. The molecule has 1 aromatic rings. The fourth-order valence-corrected chi connectivity index (χ4v) is 2.03. The largest absolute Gasteiger partial charge is 0.497 e. The molecule has 15 heavy (non-hydrogen) atoms. The summed E-state index contributed by atoms with van der Waals surface area (Å²) in [6.07, 6.45) is 0.516. The van der Waals surface area contributed by atoms with Gasteiger partial charge in [-0.25, -0.2) is 0 Å². The van der Waals surface area contributed by atoms with Crippen molar-refractivity contribution in [3.8, 4) is 5.75 Å². The van der Waals surface area contributed by atoms with Gasteiger partial charge >= 0.3 is 0 Å². The molecule has 3 nitrogen and oxygen atoms in total. The number of rotatable bonds is 1. The van der Waals surface area contributed by atoms with Gasteiger partial charge in [-0.3, -0.25) is 0 Å². The van der Waals surface area contributed by atoms with Crippen molar-refractivity contribution in [2.75, 3.05) is 13.7 Å². The van der Waals surface area contributed by atoms with E-state index >= 15 is 0 Å². The second-order valence-electron chi connectivity index (χ2n) is 4.00. The van der Waals surface area contributed by atoms with Gasteiger partial charge in [0.25, 0.3) is 0 Å². The highest BCUT2D eigenvalue weighted by Crippen LogP contribution is 2.27. The van der Waals surface area contributed by atoms with Gasteiger partial charge in [-0.2, -0.15) is 0 Å². The molecule has 0 fully saturated rings. The third-order valence-electron chi connectivity index (χ3n) is 3.00. The summed E-state index contributed by atoms with van der Waals surface area (Å²) in [5, 5.41) is 13.4. The number of benzene rings is 1. The second-order valence-corrected chi connectivity index (χ2v) is 4.00. The third kappa shape index (κ3) is 1.98. The second kappa shape index (κ2) is 4.21. The molecule has 0 aromatic heterocycles. The van der Waals surface area contributed by atoms with Crippen LogP contribution in [0.5, 0.6) is 5.75 Å². The van der Waals surface area contributed by atoms with Gasteiger partial charge in [0.2, 0.25) is 0 Å². The van der Waals surface area contributed by atoms with E-state index in [0.29, 0.717) is 0 Å². The highest BCUT2D eigenvalue weighted by atomic mass is 16.5. The summed E-state index contributed by atoms with van der Waals surface area (Å²) < 4.78 is 5.18. The molecule has 0 unspecified atom stereocenters. The van der Waals surface area contributed by atoms with Crippen LogP contribution in [0.3, 0.4) is 0 Å². The zero-order valence-corrected chi connectivity index (χ0v) is 9.16. The Morgan fingerprint density at radius 1 is 1.47 bits per heavy atom. The molecule has 2 N–H and O–H groups in total. The average molecular weight is 207 g/mol. The Balaban J connectivity index is 2.39. The van der Waals surface area contributed by atoms with E-state index in [9.17, 15) is 5.11 Å². The van der Waals surface area contributed by atoms with Crippen LogP contribution < -0.4 is 10.1 Å². The van der Waals surface area contributed by atoms with E-state index in [1.54, 1.807) is 7.11 Å². The predicted molar refractivity (Wildman–Crippen MR) is 59.1 cm³/mol. The number of fused-ring (bicyclic) bond motifs is 1. The topological polar surface area (TPSA) is 41.5 Å². The zero-order valence-electron chi connectivity index (χ0n) is 9.16. The predicted octanol–water partition coefficient (Wildman–Crippen LogP) is 1.26. The van der Waals surface area contributed by atoms with Crippen LogP contribution in [0, 0.1) is 0 Å². The van der Waals surface area contributed by atoms with Crippen molar-refractivity contribution < 1.29 is 9.84 Å². The van der Waals surface area contributed by atoms with E-state index < -0.39 is 6.10 Å². The Hall–Kier alpha value is -1.06. The maximum Gasteiger partial charge on any atom is 0.119 e. The molecule has 0 amide bonds. The molecule has 82 valence electrons. The van der Waals surface area contributed by atoms with Crippen molar-refractivity contribution in [2.24, 2.45) is 0 Å². The molecule has 1 heterocycles. The van der Waals surface area contributed by atoms with Gasteiger partial charge in [0, 0.05) is 6.04 Å². The van der Waals surface area contributed by atoms with Gasteiger partial charge in [-0.1, -0.05) is 6.07 Å². The first-order valence-corrected chi connectivity index (χ1v) is 5.30. The monoisotopic (exact) mass is 207 g/mol. The number of methoxy groups -OCH3 is 1. The lowest BCUT2D eigenvalue weighted by Crippen LogP contribution is -2.30. The number of hydrogen-bond acceptors (Lipinski definition) is 3. The van der Waals surface area contributed by atoms with Gasteiger partial charge in [-0.05, 0) is 43.1 Å². The third-order valence-corrected chi connectivity index (χ3v) is 3.00. The summed E-state index contributed by atoms with van der Waals surface area (Å²) in [6.45, 7) is 2.91. The standard InChI is InChI=1S/C12H17NO2/c1-8-12(14)11-4-3-10(15-2)7-9(11)5-6-13-8/h3-4,7-8,12-14H,5-6H2,1-2H3/t8-,12-/m1/s1. The van der Waals surface area contributed by atoms with Crippen LogP contribution >= 0.6 is 0 Å². The number of nitrogens with one attached hydrogen (secondary N) is 1. The molecule has 2 rings (SSSR count). The van der Waals surface area contributed by atoms with Crippen LogP contribution in [-0.4, -0.2) is 24.8 Å². The number of aliphatic hydroxyl groups is 1. The Kier molecular flexibility index (Phi) is 2.93. The Bertz CT molecular complexity index is 351. The van der Waals surface area contributed by atoms with E-state index in [1.807, 2.05) is 25.1 Å². The Morgan fingerprint density at radius 2 is 2.27 bits per heavy atom. The highest BCUT2D eigenvalue weighted by Gasteiger charge is 2.22. The average Bonchev–Trinajstić information content (AvgIpc) is 2.40. The molecule has 0 radical (unpaired) electrons. The normalized spacial score (nSPS) is 25.5. The van der Waals surface area contributed by atoms with Crippen LogP contribution in [0.2, 0.25) is 0 Å². The summed E-state index contributed by atoms with van der Waals surface area (Å²) in [5.74, 6) is 0.857. The zero-order chi connectivity index (χ0) is 10.8. The van der Waals surface area contributed by atoms with Gasteiger partial charge in [0.05, 0.1) is 13.2 Å². The van der Waals surface area contributed by atoms with Crippen LogP contribution in [0.1, 0.15) is 24.2 Å². The lowest BCUT2D eigenvalue weighted by molar-refractivity contribution is 0.140. The van der Waals surface area contributed by atoms with Gasteiger partial charge < -0.3 is 15.2 Å². The molecule has 0 saturated carbocycles. The summed E-state index contributed by atoms with van der Waals surface area (Å²) in [6, 6.07) is 5.99. The minimum atomic E-state index is -0.423. The highest BCUT2D eigenvalue weighted by molar-refractivity contribution is 5.38. The van der Waals surface area contributed by atoms with Crippen LogP contribution in [0.4, 0.5) is 0 Å². The quantitative estimate of drug-likeness (QED) is 0.728. The van der Waals surface area contributed by atoms with E-state index in [4.69, 9.17) is 4.74 Å². The molecule has 1 aromatic carbocycles. The van der Waals surface area contributed by atoms with E-state index in [2.05, 4.69) is 5.32 Å². The van der Waals surface area contributed by atoms with Gasteiger partial charge in [0.15, 0.2) is 0 Å². The molecule has 1 aliphatic heterocycles. The molecule has 0 spiro atoms. The first kappa shape index (κ1) is 10.5. The molecule has 2 atom stereocenters. The minimum absolute atomic E-state index is 0.111. The van der Waals surface area contributed by atoms with Gasteiger partial charge in [0.1, 0.15) is 5.75 Å². The van der Waals surface area contributed by atoms with Crippen molar-refractivity contribution in [1.82, 2.24) is 5.32 Å². The number of hydrogen-bond donors (Lipinski definition) is 2. The van der Waals surface area contributed by atoms with Crippen molar-refractivity contribution in [1.29, 1.82) is 0 Å². The van der Waals surface area contributed by atoms with Crippen LogP contribution in [-0.2, 0) is 6.42 Å². The van der Waals surface area contributed by atoms with Crippen molar-refractivity contribution in [2.45, 2.75) is 25.5 Å². The maximum atomic E-state index is 10.1.